The Morgan fingerprint density at radius 1 is 0.931 bits per heavy atom. The maximum absolute atomic E-state index is 12.3. The van der Waals surface area contributed by atoms with Crippen molar-refractivity contribution in [2.45, 2.75) is 13.5 Å². The third-order valence-electron chi connectivity index (χ3n) is 4.24. The minimum atomic E-state index is -0.290. The molecule has 0 atom stereocenters. The molecule has 2 N–H and O–H groups in total. The van der Waals surface area contributed by atoms with E-state index in [0.29, 0.717) is 24.6 Å². The first-order valence-electron chi connectivity index (χ1n) is 9.44. The topological polar surface area (TPSA) is 80.3 Å². The van der Waals surface area contributed by atoms with E-state index < -0.39 is 0 Å². The Hall–Kier alpha value is -3.67. The molecule has 0 aliphatic heterocycles. The van der Waals surface area contributed by atoms with Crippen molar-refractivity contribution >= 4 is 11.8 Å². The number of benzene rings is 2. The van der Waals surface area contributed by atoms with Crippen molar-refractivity contribution in [1.82, 2.24) is 15.6 Å². The number of amides is 2. The molecule has 3 aromatic rings. The Bertz CT molecular complexity index is 957. The van der Waals surface area contributed by atoms with Gasteiger partial charge < -0.3 is 15.4 Å². The van der Waals surface area contributed by atoms with Gasteiger partial charge >= 0.3 is 0 Å². The van der Waals surface area contributed by atoms with E-state index in [4.69, 9.17) is 4.74 Å². The summed E-state index contributed by atoms with van der Waals surface area (Å²) in [7, 11) is 0. The van der Waals surface area contributed by atoms with Crippen LogP contribution in [0.2, 0.25) is 0 Å². The number of pyridine rings is 1. The van der Waals surface area contributed by atoms with Crippen LogP contribution in [0.1, 0.15) is 22.8 Å². The van der Waals surface area contributed by atoms with E-state index in [9.17, 15) is 9.59 Å². The average molecular weight is 389 g/mol. The minimum absolute atomic E-state index is 0.0946. The quantitative estimate of drug-likeness (QED) is 0.620. The van der Waals surface area contributed by atoms with Gasteiger partial charge in [0.15, 0.2) is 0 Å². The van der Waals surface area contributed by atoms with Crippen LogP contribution in [0.3, 0.4) is 0 Å². The van der Waals surface area contributed by atoms with E-state index in [1.165, 1.54) is 0 Å². The molecule has 0 fully saturated rings. The molecular weight excluding hydrogens is 366 g/mol. The summed E-state index contributed by atoms with van der Waals surface area (Å²) in [5.41, 5.74) is 3.50. The Kier molecular flexibility index (Phi) is 6.95. The molecule has 6 nitrogen and oxygen atoms in total. The molecule has 6 heteroatoms. The van der Waals surface area contributed by atoms with Gasteiger partial charge in [0.2, 0.25) is 11.8 Å². The van der Waals surface area contributed by atoms with Crippen LogP contribution < -0.4 is 15.4 Å². The molecule has 0 saturated carbocycles. The molecule has 0 spiro atoms. The van der Waals surface area contributed by atoms with Crippen LogP contribution in [-0.2, 0) is 11.3 Å². The van der Waals surface area contributed by atoms with E-state index >= 15 is 0 Å². The summed E-state index contributed by atoms with van der Waals surface area (Å²) in [5.74, 6) is -0.0390. The molecular formula is C23H23N3O3. The van der Waals surface area contributed by atoms with Gasteiger partial charge in [0.05, 0.1) is 13.2 Å². The summed E-state index contributed by atoms with van der Waals surface area (Å²) >= 11 is 0. The van der Waals surface area contributed by atoms with Gasteiger partial charge in [-0.25, -0.2) is 4.98 Å². The Balaban J connectivity index is 1.47. The van der Waals surface area contributed by atoms with Crippen LogP contribution in [0.15, 0.2) is 72.9 Å². The number of aromatic nitrogens is 1. The van der Waals surface area contributed by atoms with Gasteiger partial charge in [0, 0.05) is 24.4 Å². The second-order valence-electron chi connectivity index (χ2n) is 6.34. The summed E-state index contributed by atoms with van der Waals surface area (Å²) in [5, 5.41) is 5.41. The molecule has 0 bridgehead atoms. The SMILES string of the molecule is CCOc1cc(CNC(=O)CNC(=O)c2ccc(-c3ccccc3)cc2)ccn1. The lowest BCUT2D eigenvalue weighted by Crippen LogP contribution is -2.36. The fraction of sp³-hybridized carbons (Fsp3) is 0.174. The molecule has 0 unspecified atom stereocenters. The van der Waals surface area contributed by atoms with Crippen LogP contribution in [0.4, 0.5) is 0 Å². The molecule has 3 rings (SSSR count). The second kappa shape index (κ2) is 10.0. The van der Waals surface area contributed by atoms with Crippen molar-refractivity contribution in [3.63, 3.8) is 0 Å². The predicted molar refractivity (Wildman–Crippen MR) is 111 cm³/mol. The maximum atomic E-state index is 12.3. The number of hydrogen-bond acceptors (Lipinski definition) is 4. The standard InChI is InChI=1S/C23H23N3O3/c1-2-29-22-14-17(12-13-24-22)15-25-21(27)16-26-23(28)20-10-8-19(9-11-20)18-6-4-3-5-7-18/h3-14H,2,15-16H2,1H3,(H,25,27)(H,26,28). The van der Waals surface area contributed by atoms with E-state index in [2.05, 4.69) is 15.6 Å². The third kappa shape index (κ3) is 5.90. The highest BCUT2D eigenvalue weighted by atomic mass is 16.5. The second-order valence-corrected chi connectivity index (χ2v) is 6.34. The van der Waals surface area contributed by atoms with E-state index in [0.717, 1.165) is 16.7 Å². The maximum Gasteiger partial charge on any atom is 0.251 e. The fourth-order valence-corrected chi connectivity index (χ4v) is 2.76. The largest absolute Gasteiger partial charge is 0.478 e. The van der Waals surface area contributed by atoms with E-state index in [-0.39, 0.29) is 18.4 Å². The normalized spacial score (nSPS) is 10.2. The monoisotopic (exact) mass is 389 g/mol. The minimum Gasteiger partial charge on any atom is -0.478 e. The molecule has 29 heavy (non-hydrogen) atoms. The molecule has 2 aromatic carbocycles. The van der Waals surface area contributed by atoms with Gasteiger partial charge in [0.1, 0.15) is 0 Å². The zero-order valence-electron chi connectivity index (χ0n) is 16.2. The molecule has 1 aromatic heterocycles. The van der Waals surface area contributed by atoms with Crippen molar-refractivity contribution in [3.05, 3.63) is 84.1 Å². The lowest BCUT2D eigenvalue weighted by molar-refractivity contribution is -0.120. The highest BCUT2D eigenvalue weighted by Gasteiger charge is 2.09. The Morgan fingerprint density at radius 3 is 2.38 bits per heavy atom. The van der Waals surface area contributed by atoms with E-state index in [1.807, 2.05) is 49.4 Å². The smallest absolute Gasteiger partial charge is 0.251 e. The van der Waals surface area contributed by atoms with Gasteiger partial charge in [-0.1, -0.05) is 42.5 Å². The lowest BCUT2D eigenvalue weighted by Gasteiger charge is -2.09. The van der Waals surface area contributed by atoms with Gasteiger partial charge in [-0.3, -0.25) is 9.59 Å². The molecule has 0 radical (unpaired) electrons. The molecule has 1 heterocycles. The average Bonchev–Trinajstić information content (AvgIpc) is 2.77. The summed E-state index contributed by atoms with van der Waals surface area (Å²) in [6.45, 7) is 2.65. The Morgan fingerprint density at radius 2 is 1.66 bits per heavy atom. The van der Waals surface area contributed by atoms with Crippen LogP contribution in [0.5, 0.6) is 5.88 Å². The first-order chi connectivity index (χ1) is 14.2. The van der Waals surface area contributed by atoms with Crippen LogP contribution in [-0.4, -0.2) is 29.9 Å². The van der Waals surface area contributed by atoms with Gasteiger partial charge in [0.25, 0.3) is 5.91 Å². The Labute approximate surface area is 169 Å². The zero-order chi connectivity index (χ0) is 20.5. The van der Waals surface area contributed by atoms with Crippen molar-refractivity contribution in [2.24, 2.45) is 0 Å². The fourth-order valence-electron chi connectivity index (χ4n) is 2.76. The molecule has 0 aliphatic rings. The molecule has 2 amide bonds. The van der Waals surface area contributed by atoms with Gasteiger partial charge in [-0.05, 0) is 41.8 Å². The van der Waals surface area contributed by atoms with Crippen LogP contribution in [0.25, 0.3) is 11.1 Å². The van der Waals surface area contributed by atoms with Crippen molar-refractivity contribution in [3.8, 4) is 17.0 Å². The van der Waals surface area contributed by atoms with Crippen molar-refractivity contribution in [1.29, 1.82) is 0 Å². The number of ether oxygens (including phenoxy) is 1. The van der Waals surface area contributed by atoms with E-state index in [1.54, 1.807) is 30.5 Å². The lowest BCUT2D eigenvalue weighted by atomic mass is 10.0. The number of carbonyl (C=O) groups excluding carboxylic acids is 2. The number of carbonyl (C=O) groups is 2. The zero-order valence-corrected chi connectivity index (χ0v) is 16.2. The van der Waals surface area contributed by atoms with Crippen LogP contribution in [0, 0.1) is 0 Å². The number of nitrogens with zero attached hydrogens (tertiary/aromatic N) is 1. The summed E-state index contributed by atoms with van der Waals surface area (Å²) < 4.78 is 5.34. The number of nitrogens with one attached hydrogen (secondary N) is 2. The van der Waals surface area contributed by atoms with Gasteiger partial charge in [-0.2, -0.15) is 0 Å². The summed E-state index contributed by atoms with van der Waals surface area (Å²) in [6, 6.07) is 20.8. The molecule has 0 saturated heterocycles. The highest BCUT2D eigenvalue weighted by molar-refractivity contribution is 5.96. The predicted octanol–water partition coefficient (Wildman–Crippen LogP) is 3.19. The van der Waals surface area contributed by atoms with Crippen LogP contribution >= 0.6 is 0 Å². The number of rotatable bonds is 8. The molecule has 0 aliphatic carbocycles. The first kappa shape index (κ1) is 20.1. The summed E-state index contributed by atoms with van der Waals surface area (Å²) in [6.07, 6.45) is 1.63. The van der Waals surface area contributed by atoms with Gasteiger partial charge in [-0.15, -0.1) is 0 Å². The summed E-state index contributed by atoms with van der Waals surface area (Å²) in [4.78, 5) is 28.4. The molecule has 148 valence electrons. The van der Waals surface area contributed by atoms with Crippen molar-refractivity contribution in [2.75, 3.05) is 13.2 Å². The van der Waals surface area contributed by atoms with Crippen molar-refractivity contribution < 1.29 is 14.3 Å². The third-order valence-corrected chi connectivity index (χ3v) is 4.24. The highest BCUT2D eigenvalue weighted by Crippen LogP contribution is 2.19. The number of hydrogen-bond donors (Lipinski definition) is 2. The first-order valence-corrected chi connectivity index (χ1v) is 9.44.